The van der Waals surface area contributed by atoms with Gasteiger partial charge in [0.15, 0.2) is 0 Å². The third kappa shape index (κ3) is 3.80. The van der Waals surface area contributed by atoms with Crippen molar-refractivity contribution in [1.82, 2.24) is 9.80 Å². The number of allylic oxidation sites excluding steroid dienone is 4. The summed E-state index contributed by atoms with van der Waals surface area (Å²) in [6, 6.07) is -0.644. The highest BCUT2D eigenvalue weighted by Crippen LogP contribution is 2.42. The summed E-state index contributed by atoms with van der Waals surface area (Å²) in [4.78, 5) is 43.3. The molecule has 29 heavy (non-hydrogen) atoms. The summed E-state index contributed by atoms with van der Waals surface area (Å²) >= 11 is 0. The molecule has 0 saturated carbocycles. The van der Waals surface area contributed by atoms with E-state index in [-0.39, 0.29) is 40.9 Å². The van der Waals surface area contributed by atoms with Crippen LogP contribution in [0.15, 0.2) is 24.3 Å². The summed E-state index contributed by atoms with van der Waals surface area (Å²) in [5, 5.41) is 0. The second kappa shape index (κ2) is 8.08. The van der Waals surface area contributed by atoms with Gasteiger partial charge in [-0.2, -0.15) is 0 Å². The summed E-state index contributed by atoms with van der Waals surface area (Å²) in [5.74, 6) is -0.578. The number of nitrogens with zero attached hydrogens (tertiary/aromatic N) is 2. The number of carbonyl (C=O) groups excluding carboxylic acids is 3. The van der Waals surface area contributed by atoms with Crippen molar-refractivity contribution in [3.8, 4) is 0 Å². The molecule has 0 aromatic rings. The second-order valence-corrected chi connectivity index (χ2v) is 9.93. The minimum Gasteiger partial charge on any atom is -0.340 e. The van der Waals surface area contributed by atoms with Crippen LogP contribution in [0.3, 0.4) is 0 Å². The SMILES string of the molecule is CC(C)C[C@H](C(=O)N1CCC[C@@]2(CC=CCC2)C1)N1C(=O)[C@H]2CC=CC[C@H]2C1=O. The molecule has 2 fully saturated rings. The predicted molar refractivity (Wildman–Crippen MR) is 112 cm³/mol. The van der Waals surface area contributed by atoms with Crippen molar-refractivity contribution in [2.45, 2.75) is 71.3 Å². The van der Waals surface area contributed by atoms with E-state index in [0.717, 1.165) is 45.2 Å². The van der Waals surface area contributed by atoms with Crippen LogP contribution >= 0.6 is 0 Å². The van der Waals surface area contributed by atoms with Crippen molar-refractivity contribution in [3.05, 3.63) is 24.3 Å². The molecule has 4 aliphatic rings. The zero-order chi connectivity index (χ0) is 20.6. The molecule has 4 rings (SSSR count). The molecule has 2 saturated heterocycles. The van der Waals surface area contributed by atoms with E-state index >= 15 is 0 Å². The molecule has 5 heteroatoms. The van der Waals surface area contributed by atoms with Crippen LogP contribution in [0.5, 0.6) is 0 Å². The Kier molecular flexibility index (Phi) is 5.67. The van der Waals surface area contributed by atoms with E-state index in [9.17, 15) is 14.4 Å². The minimum atomic E-state index is -0.644. The van der Waals surface area contributed by atoms with E-state index in [2.05, 4.69) is 26.0 Å². The molecule has 1 spiro atoms. The Hall–Kier alpha value is -1.91. The van der Waals surface area contributed by atoms with Gasteiger partial charge in [0.25, 0.3) is 0 Å². The quantitative estimate of drug-likeness (QED) is 0.536. The van der Waals surface area contributed by atoms with Gasteiger partial charge in [-0.25, -0.2) is 0 Å². The van der Waals surface area contributed by atoms with Gasteiger partial charge >= 0.3 is 0 Å². The van der Waals surface area contributed by atoms with Crippen molar-refractivity contribution < 1.29 is 14.4 Å². The topological polar surface area (TPSA) is 57.7 Å². The zero-order valence-electron chi connectivity index (χ0n) is 17.8. The molecule has 4 atom stereocenters. The summed E-state index contributed by atoms with van der Waals surface area (Å²) in [7, 11) is 0. The lowest BCUT2D eigenvalue weighted by Crippen LogP contribution is -2.55. The van der Waals surface area contributed by atoms with E-state index in [1.54, 1.807) is 0 Å². The highest BCUT2D eigenvalue weighted by atomic mass is 16.2. The highest BCUT2D eigenvalue weighted by molar-refractivity contribution is 6.08. The van der Waals surface area contributed by atoms with Crippen LogP contribution in [-0.2, 0) is 14.4 Å². The van der Waals surface area contributed by atoms with Gasteiger partial charge in [-0.1, -0.05) is 38.2 Å². The number of fused-ring (bicyclic) bond motifs is 1. The third-order valence-corrected chi connectivity index (χ3v) is 7.37. The van der Waals surface area contributed by atoms with Crippen molar-refractivity contribution in [2.75, 3.05) is 13.1 Å². The van der Waals surface area contributed by atoms with Gasteiger partial charge in [-0.15, -0.1) is 0 Å². The molecule has 0 aromatic carbocycles. The van der Waals surface area contributed by atoms with Gasteiger partial charge in [-0.3, -0.25) is 19.3 Å². The molecule has 0 bridgehead atoms. The van der Waals surface area contributed by atoms with Crippen molar-refractivity contribution >= 4 is 17.7 Å². The number of carbonyl (C=O) groups is 3. The fraction of sp³-hybridized carbons (Fsp3) is 0.708. The lowest BCUT2D eigenvalue weighted by atomic mass is 9.71. The standard InChI is InChI=1S/C24H34N2O3/c1-17(2)15-20(26-21(27)18-9-4-5-10-19(18)22(26)28)23(29)25-14-8-13-24(16-25)11-6-3-7-12-24/h3-6,17-20H,7-16H2,1-2H3/t18-,19+,20-,24+/m1/s1. The molecule has 0 N–H and O–H groups in total. The maximum Gasteiger partial charge on any atom is 0.245 e. The average molecular weight is 399 g/mol. The van der Waals surface area contributed by atoms with E-state index in [0.29, 0.717) is 19.3 Å². The molecule has 5 nitrogen and oxygen atoms in total. The Labute approximate surface area is 174 Å². The average Bonchev–Trinajstić information content (AvgIpc) is 2.97. The van der Waals surface area contributed by atoms with Gasteiger partial charge in [0.05, 0.1) is 11.8 Å². The molecular weight excluding hydrogens is 364 g/mol. The zero-order valence-corrected chi connectivity index (χ0v) is 17.8. The number of hydrogen-bond donors (Lipinski definition) is 0. The van der Waals surface area contributed by atoms with Crippen LogP contribution in [0.2, 0.25) is 0 Å². The normalized spacial score (nSPS) is 32.9. The van der Waals surface area contributed by atoms with Gasteiger partial charge in [-0.05, 0) is 62.7 Å². The van der Waals surface area contributed by atoms with Crippen LogP contribution < -0.4 is 0 Å². The monoisotopic (exact) mass is 398 g/mol. The van der Waals surface area contributed by atoms with Crippen LogP contribution in [-0.4, -0.2) is 46.7 Å². The third-order valence-electron chi connectivity index (χ3n) is 7.37. The first-order chi connectivity index (χ1) is 13.9. The van der Waals surface area contributed by atoms with Crippen LogP contribution in [0.4, 0.5) is 0 Å². The summed E-state index contributed by atoms with van der Waals surface area (Å²) in [6.07, 6.45) is 15.7. The van der Waals surface area contributed by atoms with Crippen LogP contribution in [0.1, 0.15) is 65.2 Å². The van der Waals surface area contributed by atoms with Crippen molar-refractivity contribution in [1.29, 1.82) is 0 Å². The fourth-order valence-corrected chi connectivity index (χ4v) is 5.82. The summed E-state index contributed by atoms with van der Waals surface area (Å²) in [5.41, 5.74) is 0.183. The molecule has 3 amide bonds. The lowest BCUT2D eigenvalue weighted by Gasteiger charge is -2.45. The largest absolute Gasteiger partial charge is 0.340 e. The highest BCUT2D eigenvalue weighted by Gasteiger charge is 2.52. The number of hydrogen-bond acceptors (Lipinski definition) is 3. The second-order valence-electron chi connectivity index (χ2n) is 9.93. The number of likely N-dealkylation sites (tertiary alicyclic amines) is 2. The minimum absolute atomic E-state index is 0.0133. The molecule has 158 valence electrons. The van der Waals surface area contributed by atoms with Gasteiger partial charge in [0, 0.05) is 13.1 Å². The fourth-order valence-electron chi connectivity index (χ4n) is 5.82. The molecule has 0 aromatic heterocycles. The van der Waals surface area contributed by atoms with Crippen LogP contribution in [0.25, 0.3) is 0 Å². The first-order valence-electron chi connectivity index (χ1n) is 11.4. The number of rotatable bonds is 4. The Morgan fingerprint density at radius 2 is 1.76 bits per heavy atom. The Morgan fingerprint density at radius 1 is 1.07 bits per heavy atom. The van der Waals surface area contributed by atoms with Crippen LogP contribution in [0, 0.1) is 23.2 Å². The lowest BCUT2D eigenvalue weighted by molar-refractivity contribution is -0.154. The van der Waals surface area contributed by atoms with E-state index < -0.39 is 6.04 Å². The number of imide groups is 1. The number of piperidine rings is 1. The molecular formula is C24H34N2O3. The maximum absolute atomic E-state index is 13.7. The molecule has 2 aliphatic heterocycles. The van der Waals surface area contributed by atoms with Gasteiger partial charge in [0.1, 0.15) is 6.04 Å². The Bertz CT molecular complexity index is 714. The summed E-state index contributed by atoms with van der Waals surface area (Å²) < 4.78 is 0. The molecule has 2 heterocycles. The van der Waals surface area contributed by atoms with E-state index in [1.165, 1.54) is 4.90 Å². The van der Waals surface area contributed by atoms with Gasteiger partial charge in [0.2, 0.25) is 17.7 Å². The number of amides is 3. The first-order valence-corrected chi connectivity index (χ1v) is 11.4. The van der Waals surface area contributed by atoms with E-state index in [1.807, 2.05) is 17.1 Å². The Balaban J connectivity index is 1.56. The maximum atomic E-state index is 13.7. The van der Waals surface area contributed by atoms with Gasteiger partial charge < -0.3 is 4.90 Å². The van der Waals surface area contributed by atoms with E-state index in [4.69, 9.17) is 0 Å². The van der Waals surface area contributed by atoms with Crippen molar-refractivity contribution in [2.24, 2.45) is 23.2 Å². The first kappa shape index (κ1) is 20.4. The summed E-state index contributed by atoms with van der Waals surface area (Å²) in [6.45, 7) is 5.62. The molecule has 0 radical (unpaired) electrons. The Morgan fingerprint density at radius 3 is 2.34 bits per heavy atom. The molecule has 0 unspecified atom stereocenters. The van der Waals surface area contributed by atoms with Crippen molar-refractivity contribution in [3.63, 3.8) is 0 Å². The predicted octanol–water partition coefficient (Wildman–Crippen LogP) is 3.70. The smallest absolute Gasteiger partial charge is 0.245 e. The molecule has 2 aliphatic carbocycles.